The number of ether oxygens (including phenoxy) is 2. The van der Waals surface area contributed by atoms with E-state index < -0.39 is 0 Å². The molecule has 1 aromatic rings. The van der Waals surface area contributed by atoms with Crippen LogP contribution in [0.15, 0.2) is 16.6 Å². The lowest BCUT2D eigenvalue weighted by atomic mass is 10.2. The van der Waals surface area contributed by atoms with Gasteiger partial charge in [0.25, 0.3) is 0 Å². The van der Waals surface area contributed by atoms with Gasteiger partial charge in [-0.3, -0.25) is 0 Å². The minimum absolute atomic E-state index is 0.745. The van der Waals surface area contributed by atoms with E-state index in [0.717, 1.165) is 55.1 Å². The lowest BCUT2D eigenvalue weighted by molar-refractivity contribution is 0.298. The van der Waals surface area contributed by atoms with Crippen LogP contribution in [0.4, 0.5) is 0 Å². The molecular formula is C16H27BrN2O2. The third-order valence-corrected chi connectivity index (χ3v) is 4.33. The molecule has 0 heterocycles. The van der Waals surface area contributed by atoms with Crippen molar-refractivity contribution in [3.8, 4) is 11.5 Å². The minimum atomic E-state index is 0.745. The molecule has 0 radical (unpaired) electrons. The zero-order valence-corrected chi connectivity index (χ0v) is 15.1. The topological polar surface area (TPSA) is 33.7 Å². The summed E-state index contributed by atoms with van der Waals surface area (Å²) in [6.07, 6.45) is 1.16. The fourth-order valence-corrected chi connectivity index (χ4v) is 2.68. The standard InChI is InChI=1S/C16H27BrN2O2/c1-5-19(6-2)9-7-8-18-12-13-10-15(20-3)16(21-4)11-14(13)17/h10-11,18H,5-9,12H2,1-4H3. The Morgan fingerprint density at radius 1 is 1.10 bits per heavy atom. The van der Waals surface area contributed by atoms with Crippen molar-refractivity contribution in [1.29, 1.82) is 0 Å². The molecule has 5 heteroatoms. The predicted molar refractivity (Wildman–Crippen MR) is 91.4 cm³/mol. The average Bonchev–Trinajstić information content (AvgIpc) is 2.51. The first-order valence-corrected chi connectivity index (χ1v) is 8.28. The first kappa shape index (κ1) is 18.3. The third kappa shape index (κ3) is 5.85. The molecule has 0 unspecified atom stereocenters. The van der Waals surface area contributed by atoms with Gasteiger partial charge in [0.1, 0.15) is 0 Å². The van der Waals surface area contributed by atoms with Gasteiger partial charge in [-0.2, -0.15) is 0 Å². The molecule has 0 fully saturated rings. The second-order valence-electron chi connectivity index (χ2n) is 4.86. The molecule has 0 saturated carbocycles. The highest BCUT2D eigenvalue weighted by Gasteiger charge is 2.09. The molecule has 0 aliphatic heterocycles. The molecule has 0 spiro atoms. The van der Waals surface area contributed by atoms with E-state index in [1.54, 1.807) is 14.2 Å². The molecule has 1 rings (SSSR count). The fourth-order valence-electron chi connectivity index (χ4n) is 2.22. The number of methoxy groups -OCH3 is 2. The van der Waals surface area contributed by atoms with Crippen molar-refractivity contribution in [3.63, 3.8) is 0 Å². The van der Waals surface area contributed by atoms with Gasteiger partial charge in [0, 0.05) is 11.0 Å². The SMILES string of the molecule is CCN(CC)CCCNCc1cc(OC)c(OC)cc1Br. The molecule has 120 valence electrons. The van der Waals surface area contributed by atoms with Crippen molar-refractivity contribution in [2.75, 3.05) is 40.4 Å². The van der Waals surface area contributed by atoms with E-state index in [-0.39, 0.29) is 0 Å². The van der Waals surface area contributed by atoms with Gasteiger partial charge in [-0.15, -0.1) is 0 Å². The Bertz CT molecular complexity index is 423. The number of halogens is 1. The van der Waals surface area contributed by atoms with Crippen LogP contribution in [-0.2, 0) is 6.54 Å². The molecular weight excluding hydrogens is 332 g/mol. The Kier molecular flexibility index (Phi) is 8.73. The summed E-state index contributed by atoms with van der Waals surface area (Å²) in [4.78, 5) is 2.44. The first-order valence-electron chi connectivity index (χ1n) is 7.49. The second-order valence-corrected chi connectivity index (χ2v) is 5.71. The van der Waals surface area contributed by atoms with Crippen LogP contribution in [0.5, 0.6) is 11.5 Å². The molecule has 1 N–H and O–H groups in total. The van der Waals surface area contributed by atoms with Crippen LogP contribution in [0, 0.1) is 0 Å². The summed E-state index contributed by atoms with van der Waals surface area (Å²) in [6, 6.07) is 3.96. The van der Waals surface area contributed by atoms with E-state index in [4.69, 9.17) is 9.47 Å². The van der Waals surface area contributed by atoms with Crippen molar-refractivity contribution < 1.29 is 9.47 Å². The van der Waals surface area contributed by atoms with Gasteiger partial charge in [0.2, 0.25) is 0 Å². The summed E-state index contributed by atoms with van der Waals surface area (Å²) in [5, 5.41) is 3.48. The Morgan fingerprint density at radius 2 is 1.71 bits per heavy atom. The fraction of sp³-hybridized carbons (Fsp3) is 0.625. The van der Waals surface area contributed by atoms with Gasteiger partial charge in [-0.05, 0) is 50.3 Å². The normalized spacial score (nSPS) is 11.0. The number of nitrogens with one attached hydrogen (secondary N) is 1. The largest absolute Gasteiger partial charge is 0.493 e. The average molecular weight is 359 g/mol. The molecule has 21 heavy (non-hydrogen) atoms. The maximum absolute atomic E-state index is 5.34. The van der Waals surface area contributed by atoms with Crippen molar-refractivity contribution in [3.05, 3.63) is 22.2 Å². The van der Waals surface area contributed by atoms with Gasteiger partial charge in [0.15, 0.2) is 11.5 Å². The van der Waals surface area contributed by atoms with Crippen LogP contribution in [0.25, 0.3) is 0 Å². The van der Waals surface area contributed by atoms with E-state index in [2.05, 4.69) is 40.0 Å². The molecule has 0 aromatic heterocycles. The highest BCUT2D eigenvalue weighted by Crippen LogP contribution is 2.33. The van der Waals surface area contributed by atoms with Gasteiger partial charge in [-0.1, -0.05) is 29.8 Å². The zero-order chi connectivity index (χ0) is 15.7. The molecule has 0 saturated heterocycles. The lowest BCUT2D eigenvalue weighted by Gasteiger charge is -2.18. The second kappa shape index (κ2) is 10.0. The van der Waals surface area contributed by atoms with Crippen LogP contribution in [0.2, 0.25) is 0 Å². The van der Waals surface area contributed by atoms with Gasteiger partial charge in [-0.25, -0.2) is 0 Å². The van der Waals surface area contributed by atoms with E-state index >= 15 is 0 Å². The Balaban J connectivity index is 2.45. The molecule has 0 aliphatic carbocycles. The molecule has 0 aliphatic rings. The number of hydrogen-bond acceptors (Lipinski definition) is 4. The number of benzene rings is 1. The van der Waals surface area contributed by atoms with Crippen LogP contribution in [0.1, 0.15) is 25.8 Å². The number of hydrogen-bond donors (Lipinski definition) is 1. The Labute approximate surface area is 136 Å². The molecule has 4 nitrogen and oxygen atoms in total. The first-order chi connectivity index (χ1) is 10.2. The quantitative estimate of drug-likeness (QED) is 0.650. The van der Waals surface area contributed by atoms with Crippen molar-refractivity contribution in [2.24, 2.45) is 0 Å². The summed E-state index contributed by atoms with van der Waals surface area (Å²) in [5.74, 6) is 1.51. The molecule has 0 bridgehead atoms. The van der Waals surface area contributed by atoms with E-state index in [1.165, 1.54) is 5.56 Å². The summed E-state index contributed by atoms with van der Waals surface area (Å²) >= 11 is 3.58. The van der Waals surface area contributed by atoms with Gasteiger partial charge >= 0.3 is 0 Å². The van der Waals surface area contributed by atoms with E-state index in [0.29, 0.717) is 0 Å². The Hall–Kier alpha value is -0.780. The van der Waals surface area contributed by atoms with E-state index in [9.17, 15) is 0 Å². The van der Waals surface area contributed by atoms with Crippen LogP contribution in [-0.4, -0.2) is 45.3 Å². The molecule has 1 aromatic carbocycles. The van der Waals surface area contributed by atoms with Crippen molar-refractivity contribution >= 4 is 15.9 Å². The molecule has 0 amide bonds. The monoisotopic (exact) mass is 358 g/mol. The van der Waals surface area contributed by atoms with Crippen LogP contribution in [0.3, 0.4) is 0 Å². The lowest BCUT2D eigenvalue weighted by Crippen LogP contribution is -2.27. The smallest absolute Gasteiger partial charge is 0.161 e. The van der Waals surface area contributed by atoms with Gasteiger partial charge in [0.05, 0.1) is 14.2 Å². The summed E-state index contributed by atoms with van der Waals surface area (Å²) < 4.78 is 11.7. The number of nitrogens with zero attached hydrogens (tertiary/aromatic N) is 1. The minimum Gasteiger partial charge on any atom is -0.493 e. The summed E-state index contributed by atoms with van der Waals surface area (Å²) in [5.41, 5.74) is 1.18. The Morgan fingerprint density at radius 3 is 2.29 bits per heavy atom. The predicted octanol–water partition coefficient (Wildman–Crippen LogP) is 3.29. The van der Waals surface area contributed by atoms with Crippen molar-refractivity contribution in [1.82, 2.24) is 10.2 Å². The van der Waals surface area contributed by atoms with Gasteiger partial charge < -0.3 is 19.7 Å². The highest BCUT2D eigenvalue weighted by atomic mass is 79.9. The zero-order valence-electron chi connectivity index (χ0n) is 13.5. The maximum Gasteiger partial charge on any atom is 0.161 e. The van der Waals surface area contributed by atoms with E-state index in [1.807, 2.05) is 12.1 Å². The van der Waals surface area contributed by atoms with Crippen LogP contribution >= 0.6 is 15.9 Å². The highest BCUT2D eigenvalue weighted by molar-refractivity contribution is 9.10. The third-order valence-electron chi connectivity index (χ3n) is 3.59. The maximum atomic E-state index is 5.34. The summed E-state index contributed by atoms with van der Waals surface area (Å²) in [7, 11) is 3.31. The molecule has 0 atom stereocenters. The van der Waals surface area contributed by atoms with Crippen molar-refractivity contribution in [2.45, 2.75) is 26.8 Å². The summed E-state index contributed by atoms with van der Waals surface area (Å²) in [6.45, 7) is 9.63. The van der Waals surface area contributed by atoms with Crippen LogP contribution < -0.4 is 14.8 Å². The number of rotatable bonds is 10.